The van der Waals surface area contributed by atoms with Gasteiger partial charge >= 0.3 is 5.69 Å². The van der Waals surface area contributed by atoms with Crippen LogP contribution < -0.4 is 11.0 Å². The lowest BCUT2D eigenvalue weighted by Gasteiger charge is -2.37. The van der Waals surface area contributed by atoms with Crippen LogP contribution >= 0.6 is 11.8 Å². The second-order valence-corrected chi connectivity index (χ2v) is 16.1. The first-order valence-electron chi connectivity index (χ1n) is 10.2. The quantitative estimate of drug-likeness (QED) is 0.681. The van der Waals surface area contributed by atoms with Crippen LogP contribution in [0.5, 0.6) is 0 Å². The molecule has 1 unspecified atom stereocenters. The summed E-state index contributed by atoms with van der Waals surface area (Å²) in [5, 5.41) is 2.41. The molecule has 10 heteroatoms. The molecule has 0 bridgehead atoms. The van der Waals surface area contributed by atoms with Crippen molar-refractivity contribution < 1.29 is 18.7 Å². The van der Waals surface area contributed by atoms with Crippen molar-refractivity contribution in [2.45, 2.75) is 88.3 Å². The minimum absolute atomic E-state index is 0.0396. The number of nitrogens with zero attached hydrogens (tertiary/aromatic N) is 2. The van der Waals surface area contributed by atoms with Crippen molar-refractivity contribution in [3.05, 3.63) is 22.7 Å². The summed E-state index contributed by atoms with van der Waals surface area (Å²) >= 11 is 1.62. The molecule has 0 spiro atoms. The van der Waals surface area contributed by atoms with Crippen LogP contribution in [-0.4, -0.2) is 53.6 Å². The Balaban J connectivity index is 1.83. The Bertz CT molecular complexity index is 867. The second kappa shape index (κ2) is 8.05. The standard InChI is InChI=1S/C20H33N3O5SSi/c1-12(24)21-14-9-10-23(18(25)22-14)17-16-15(27-20(5,6)28-16)13(29-17)11-26-30(7,8)19(2,3)4/h9-10,13,15-17H,11H2,1-8H3,(H,21,22,24,25)/t13-,15-,16-,17?/m1/s1. The minimum atomic E-state index is -1.92. The Labute approximate surface area is 183 Å². The monoisotopic (exact) mass is 455 g/mol. The number of aromatic nitrogens is 2. The molecule has 1 aromatic rings. The molecule has 168 valence electrons. The Morgan fingerprint density at radius 1 is 1.33 bits per heavy atom. The smallest absolute Gasteiger partial charge is 0.350 e. The number of carbonyl (C=O) groups excluding carboxylic acids is 1. The van der Waals surface area contributed by atoms with Crippen molar-refractivity contribution in [2.75, 3.05) is 11.9 Å². The van der Waals surface area contributed by atoms with E-state index in [1.54, 1.807) is 28.6 Å². The van der Waals surface area contributed by atoms with E-state index in [1.807, 2.05) is 13.8 Å². The summed E-state index contributed by atoms with van der Waals surface area (Å²) in [5.41, 5.74) is -0.434. The van der Waals surface area contributed by atoms with Crippen molar-refractivity contribution in [2.24, 2.45) is 0 Å². The maximum absolute atomic E-state index is 12.7. The minimum Gasteiger partial charge on any atom is -0.416 e. The van der Waals surface area contributed by atoms with Crippen molar-refractivity contribution in [1.29, 1.82) is 0 Å². The SMILES string of the molecule is CC(=O)Nc1ccn(C2S[C@H](CO[Si](C)(C)C(C)(C)C)[C@H]3OC(C)(C)O[C@@H]23)c(=O)n1. The summed E-state index contributed by atoms with van der Waals surface area (Å²) < 4.78 is 20.4. The number of nitrogens with one attached hydrogen (secondary N) is 1. The molecule has 0 aliphatic carbocycles. The molecule has 2 fully saturated rings. The molecule has 2 saturated heterocycles. The Morgan fingerprint density at radius 2 is 1.97 bits per heavy atom. The molecule has 1 amide bonds. The second-order valence-electron chi connectivity index (χ2n) is 9.88. The molecule has 30 heavy (non-hydrogen) atoms. The molecular formula is C20H33N3O5SSi. The van der Waals surface area contributed by atoms with E-state index in [4.69, 9.17) is 13.9 Å². The van der Waals surface area contributed by atoms with Gasteiger partial charge in [0.15, 0.2) is 14.1 Å². The van der Waals surface area contributed by atoms with Crippen LogP contribution in [0, 0.1) is 0 Å². The van der Waals surface area contributed by atoms with Gasteiger partial charge in [0.25, 0.3) is 0 Å². The van der Waals surface area contributed by atoms with Gasteiger partial charge in [0.1, 0.15) is 23.4 Å². The molecule has 3 rings (SSSR count). The summed E-state index contributed by atoms with van der Waals surface area (Å²) in [7, 11) is -1.92. The molecule has 1 N–H and O–H groups in total. The Kier molecular flexibility index (Phi) is 6.29. The van der Waals surface area contributed by atoms with Gasteiger partial charge in [-0.1, -0.05) is 20.8 Å². The van der Waals surface area contributed by atoms with E-state index in [-0.39, 0.29) is 39.6 Å². The van der Waals surface area contributed by atoms with E-state index < -0.39 is 19.8 Å². The molecule has 2 aliphatic heterocycles. The fraction of sp³-hybridized carbons (Fsp3) is 0.750. The zero-order valence-electron chi connectivity index (χ0n) is 19.0. The highest BCUT2D eigenvalue weighted by Gasteiger charge is 2.56. The summed E-state index contributed by atoms with van der Waals surface area (Å²) in [6.07, 6.45) is 1.19. The van der Waals surface area contributed by atoms with Crippen molar-refractivity contribution >= 4 is 31.8 Å². The molecule has 0 aromatic carbocycles. The molecular weight excluding hydrogens is 422 g/mol. The number of fused-ring (bicyclic) bond motifs is 1. The van der Waals surface area contributed by atoms with Crippen molar-refractivity contribution in [3.63, 3.8) is 0 Å². The van der Waals surface area contributed by atoms with Crippen LogP contribution in [0.15, 0.2) is 17.1 Å². The van der Waals surface area contributed by atoms with Gasteiger partial charge in [0.2, 0.25) is 5.91 Å². The maximum Gasteiger partial charge on any atom is 0.350 e. The number of thioether (sulfide) groups is 1. The van der Waals surface area contributed by atoms with Gasteiger partial charge in [-0.15, -0.1) is 11.8 Å². The molecule has 2 aliphatic rings. The number of ether oxygens (including phenoxy) is 2. The van der Waals surface area contributed by atoms with E-state index >= 15 is 0 Å². The van der Waals surface area contributed by atoms with Crippen LogP contribution in [0.1, 0.15) is 46.9 Å². The first-order chi connectivity index (χ1) is 13.7. The fourth-order valence-electron chi connectivity index (χ4n) is 3.38. The fourth-order valence-corrected chi connectivity index (χ4v) is 6.06. The van der Waals surface area contributed by atoms with Gasteiger partial charge in [0.05, 0.1) is 5.25 Å². The number of anilines is 1. The summed E-state index contributed by atoms with van der Waals surface area (Å²) in [4.78, 5) is 27.9. The first kappa shape index (κ1) is 23.5. The number of hydrogen-bond acceptors (Lipinski definition) is 7. The number of hydrogen-bond donors (Lipinski definition) is 1. The largest absolute Gasteiger partial charge is 0.416 e. The van der Waals surface area contributed by atoms with Crippen molar-refractivity contribution in [3.8, 4) is 0 Å². The average Bonchev–Trinajstić information content (AvgIpc) is 3.05. The molecule has 4 atom stereocenters. The zero-order valence-corrected chi connectivity index (χ0v) is 20.8. The van der Waals surface area contributed by atoms with Gasteiger partial charge < -0.3 is 19.2 Å². The highest BCUT2D eigenvalue weighted by atomic mass is 32.2. The summed E-state index contributed by atoms with van der Waals surface area (Å²) in [6, 6.07) is 1.62. The van der Waals surface area contributed by atoms with Gasteiger partial charge in [-0.3, -0.25) is 9.36 Å². The highest BCUT2D eigenvalue weighted by molar-refractivity contribution is 8.00. The normalized spacial score (nSPS) is 28.4. The van der Waals surface area contributed by atoms with Gasteiger partial charge in [0, 0.05) is 19.7 Å². The van der Waals surface area contributed by atoms with Crippen LogP contribution in [0.25, 0.3) is 0 Å². The third-order valence-electron chi connectivity index (χ3n) is 5.95. The molecule has 8 nitrogen and oxygen atoms in total. The van der Waals surface area contributed by atoms with Crippen LogP contribution in [-0.2, 0) is 18.7 Å². The molecule has 0 saturated carbocycles. The van der Waals surface area contributed by atoms with E-state index in [2.05, 4.69) is 44.2 Å². The number of amides is 1. The maximum atomic E-state index is 12.7. The lowest BCUT2D eigenvalue weighted by atomic mass is 10.1. The summed E-state index contributed by atoms with van der Waals surface area (Å²) in [6.45, 7) is 16.8. The number of rotatable bonds is 5. The predicted molar refractivity (Wildman–Crippen MR) is 120 cm³/mol. The predicted octanol–water partition coefficient (Wildman–Crippen LogP) is 3.36. The van der Waals surface area contributed by atoms with E-state index in [1.165, 1.54) is 6.92 Å². The Morgan fingerprint density at radius 3 is 2.53 bits per heavy atom. The molecule has 1 aromatic heterocycles. The number of carbonyl (C=O) groups is 1. The Hall–Kier alpha value is -1.20. The third-order valence-corrected chi connectivity index (χ3v) is 12.0. The average molecular weight is 456 g/mol. The van der Waals surface area contributed by atoms with E-state index in [0.717, 1.165) is 0 Å². The van der Waals surface area contributed by atoms with Gasteiger partial charge in [-0.2, -0.15) is 4.98 Å². The van der Waals surface area contributed by atoms with Crippen LogP contribution in [0.4, 0.5) is 5.82 Å². The topological polar surface area (TPSA) is 91.7 Å². The third kappa shape index (κ3) is 4.82. The van der Waals surface area contributed by atoms with E-state index in [9.17, 15) is 9.59 Å². The van der Waals surface area contributed by atoms with Gasteiger partial charge in [-0.25, -0.2) is 4.79 Å². The van der Waals surface area contributed by atoms with Crippen LogP contribution in [0.2, 0.25) is 18.1 Å². The van der Waals surface area contributed by atoms with Crippen molar-refractivity contribution in [1.82, 2.24) is 9.55 Å². The molecule has 0 radical (unpaired) electrons. The van der Waals surface area contributed by atoms with Crippen LogP contribution in [0.3, 0.4) is 0 Å². The van der Waals surface area contributed by atoms with E-state index in [0.29, 0.717) is 6.61 Å². The lowest BCUT2D eigenvalue weighted by Crippen LogP contribution is -2.43. The zero-order chi connectivity index (χ0) is 22.5. The highest BCUT2D eigenvalue weighted by Crippen LogP contribution is 2.51. The lowest BCUT2D eigenvalue weighted by molar-refractivity contribution is -0.149. The first-order valence-corrected chi connectivity index (χ1v) is 14.1. The van der Waals surface area contributed by atoms with Gasteiger partial charge in [-0.05, 0) is 38.0 Å². The summed E-state index contributed by atoms with van der Waals surface area (Å²) in [5.74, 6) is -0.756. The molecule has 3 heterocycles.